The molecule has 5 heavy (non-hydrogen) atoms. The SMILES string of the molecule is P.[F][SbH]([F])[F]. The monoisotopic (exact) mass is 213 g/mol. The van der Waals surface area contributed by atoms with Crippen LogP contribution in [0.15, 0.2) is 0 Å². The van der Waals surface area contributed by atoms with E-state index in [2.05, 4.69) is 0 Å². The maximum atomic E-state index is 9.86. The van der Waals surface area contributed by atoms with Gasteiger partial charge in [0.1, 0.15) is 0 Å². The first-order valence-corrected chi connectivity index (χ1v) is 3.80. The van der Waals surface area contributed by atoms with Gasteiger partial charge in [0.2, 0.25) is 0 Å². The Bertz CT molecular complexity index is 11.6. The van der Waals surface area contributed by atoms with Gasteiger partial charge in [-0.25, -0.2) is 0 Å². The van der Waals surface area contributed by atoms with Gasteiger partial charge in [-0.2, -0.15) is 9.90 Å². The van der Waals surface area contributed by atoms with Crippen LogP contribution >= 0.6 is 9.90 Å². The Labute approximate surface area is 40.7 Å². The van der Waals surface area contributed by atoms with Crippen molar-refractivity contribution < 1.29 is 8.44 Å². The molecule has 0 bridgehead atoms. The van der Waals surface area contributed by atoms with Crippen LogP contribution in [0, 0.1) is 0 Å². The van der Waals surface area contributed by atoms with Crippen molar-refractivity contribution in [1.29, 1.82) is 0 Å². The van der Waals surface area contributed by atoms with Crippen LogP contribution < -0.4 is 0 Å². The summed E-state index contributed by atoms with van der Waals surface area (Å²) < 4.78 is 29.6. The molecule has 0 aromatic carbocycles. The quantitative estimate of drug-likeness (QED) is 0.410. The summed E-state index contributed by atoms with van der Waals surface area (Å²) in [4.78, 5) is 0. The summed E-state index contributed by atoms with van der Waals surface area (Å²) in [6.45, 7) is 0. The molecule has 0 aliphatic carbocycles. The molecule has 1 atom stereocenters. The Kier molecular flexibility index (Phi) is 9.47. The molecule has 0 N–H and O–H groups in total. The summed E-state index contributed by atoms with van der Waals surface area (Å²) in [7, 11) is 0. The summed E-state index contributed by atoms with van der Waals surface area (Å²) >= 11 is -5.04. The topological polar surface area (TPSA) is 0 Å². The van der Waals surface area contributed by atoms with Gasteiger partial charge in [0.05, 0.1) is 0 Å². The fourth-order valence-corrected chi connectivity index (χ4v) is 0. The summed E-state index contributed by atoms with van der Waals surface area (Å²) in [6, 6.07) is 0. The van der Waals surface area contributed by atoms with Crippen molar-refractivity contribution in [2.75, 3.05) is 0 Å². The first-order valence-electron chi connectivity index (χ1n) is 0.567. The Balaban J connectivity index is 0. The van der Waals surface area contributed by atoms with E-state index in [1.54, 1.807) is 0 Å². The Morgan fingerprint density at radius 3 is 1.00 bits per heavy atom. The molecule has 0 fully saturated rings. The number of hydrogen-bond donors (Lipinski definition) is 0. The molecule has 0 spiro atoms. The van der Waals surface area contributed by atoms with Crippen molar-refractivity contribution >= 4 is 31.9 Å². The van der Waals surface area contributed by atoms with Crippen LogP contribution in [0.3, 0.4) is 0 Å². The summed E-state index contributed by atoms with van der Waals surface area (Å²) in [5.41, 5.74) is 0. The number of halogens is 3. The molecule has 0 aromatic rings. The molecule has 1 radical (unpaired) electrons. The van der Waals surface area contributed by atoms with Crippen molar-refractivity contribution in [3.63, 3.8) is 0 Å². The Morgan fingerprint density at radius 2 is 1.00 bits per heavy atom. The molecule has 0 nitrogen and oxygen atoms in total. The first kappa shape index (κ1) is 9.40. The van der Waals surface area contributed by atoms with Gasteiger partial charge in [-0.3, -0.25) is 0 Å². The fraction of sp³-hybridized carbons (Fsp3) is 0. The summed E-state index contributed by atoms with van der Waals surface area (Å²) in [5.74, 6) is 0. The molecule has 1 unspecified atom stereocenters. The van der Waals surface area contributed by atoms with Crippen LogP contribution in [-0.4, -0.2) is 22.0 Å². The third kappa shape index (κ3) is 43.1. The molecule has 0 amide bonds. The van der Waals surface area contributed by atoms with E-state index in [-0.39, 0.29) is 9.90 Å². The Hall–Kier alpha value is 1.04. The van der Waals surface area contributed by atoms with Crippen molar-refractivity contribution in [3.8, 4) is 0 Å². The predicted octanol–water partition coefficient (Wildman–Crippen LogP) is 0.670. The van der Waals surface area contributed by atoms with E-state index >= 15 is 0 Å². The van der Waals surface area contributed by atoms with Gasteiger partial charge in [0, 0.05) is 0 Å². The van der Waals surface area contributed by atoms with E-state index in [0.29, 0.717) is 0 Å². The van der Waals surface area contributed by atoms with E-state index in [0.717, 1.165) is 0 Å². The summed E-state index contributed by atoms with van der Waals surface area (Å²) in [5, 5.41) is 0. The van der Waals surface area contributed by atoms with Gasteiger partial charge in [-0.15, -0.1) is 0 Å². The Morgan fingerprint density at radius 1 is 1.00 bits per heavy atom. The molecule has 0 aliphatic heterocycles. The summed E-state index contributed by atoms with van der Waals surface area (Å²) in [6.07, 6.45) is 0. The van der Waals surface area contributed by atoms with Crippen LogP contribution in [0.25, 0.3) is 0 Å². The average molecular weight is 214 g/mol. The minimum absolute atomic E-state index is 0. The molecule has 0 saturated heterocycles. The first-order chi connectivity index (χ1) is 1.73. The maximum absolute atomic E-state index is 9.86. The van der Waals surface area contributed by atoms with Crippen LogP contribution in [0.1, 0.15) is 0 Å². The zero-order chi connectivity index (χ0) is 3.58. The van der Waals surface area contributed by atoms with Crippen LogP contribution in [-0.2, 0) is 0 Å². The molecular weight excluding hydrogens is 210 g/mol. The van der Waals surface area contributed by atoms with Gasteiger partial charge in [-0.05, 0) is 0 Å². The van der Waals surface area contributed by atoms with Gasteiger partial charge < -0.3 is 0 Å². The molecule has 35 valence electrons. The number of hydrogen-bond acceptors (Lipinski definition) is 0. The van der Waals surface area contributed by atoms with E-state index in [1.807, 2.05) is 0 Å². The van der Waals surface area contributed by atoms with Crippen LogP contribution in [0.2, 0.25) is 0 Å². The van der Waals surface area contributed by atoms with Crippen molar-refractivity contribution in [1.82, 2.24) is 0 Å². The van der Waals surface area contributed by atoms with E-state index < -0.39 is 22.0 Å². The van der Waals surface area contributed by atoms with Crippen molar-refractivity contribution in [3.05, 3.63) is 0 Å². The molecule has 0 heterocycles. The molecule has 0 rings (SSSR count). The normalized spacial score (nSPS) is 7.20. The minimum atomic E-state index is -5.04. The van der Waals surface area contributed by atoms with E-state index in [1.165, 1.54) is 0 Å². The second-order valence-electron chi connectivity index (χ2n) is 0.214. The molecule has 0 saturated carbocycles. The fourth-order valence-electron chi connectivity index (χ4n) is 0. The zero-order valence-electron chi connectivity index (χ0n) is 2.34. The van der Waals surface area contributed by atoms with Crippen molar-refractivity contribution in [2.24, 2.45) is 0 Å². The van der Waals surface area contributed by atoms with Gasteiger partial charge in [0.15, 0.2) is 0 Å². The van der Waals surface area contributed by atoms with Crippen LogP contribution in [0.5, 0.6) is 0 Å². The average Bonchev–Trinajstić information content (AvgIpc) is 0.811. The van der Waals surface area contributed by atoms with E-state index in [4.69, 9.17) is 0 Å². The number of rotatable bonds is 0. The predicted molar refractivity (Wildman–Crippen MR) is 21.6 cm³/mol. The second kappa shape index (κ2) is 5.04. The molecular formula is H4F3PSb. The molecule has 0 aromatic heterocycles. The standard InChI is InChI=1S/3FH.H3P.Sb.H/h3*1H;1H3;;/q;;;;+3;/p-3. The van der Waals surface area contributed by atoms with Gasteiger partial charge in [-0.1, -0.05) is 0 Å². The molecule has 5 heteroatoms. The zero-order valence-corrected chi connectivity index (χ0v) is 6.61. The molecule has 0 aliphatic rings. The van der Waals surface area contributed by atoms with Gasteiger partial charge >= 0.3 is 30.4 Å². The third-order valence-corrected chi connectivity index (χ3v) is 0. The third-order valence-electron chi connectivity index (χ3n) is 0. The van der Waals surface area contributed by atoms with Gasteiger partial charge in [0.25, 0.3) is 0 Å². The van der Waals surface area contributed by atoms with E-state index in [9.17, 15) is 8.44 Å². The van der Waals surface area contributed by atoms with Crippen molar-refractivity contribution in [2.45, 2.75) is 0 Å². The second-order valence-corrected chi connectivity index (χ2v) is 1.44. The van der Waals surface area contributed by atoms with Crippen LogP contribution in [0.4, 0.5) is 8.44 Å².